The number of nitrogens with zero attached hydrogens (tertiary/aromatic N) is 1. The Morgan fingerprint density at radius 2 is 1.69 bits per heavy atom. The average molecular weight is 439 g/mol. The molecule has 0 spiro atoms. The van der Waals surface area contributed by atoms with Gasteiger partial charge in [0.05, 0.1) is 0 Å². The normalized spacial score (nSPS) is 15.6. The monoisotopic (exact) mass is 438 g/mol. The van der Waals surface area contributed by atoms with Crippen LogP contribution in [-0.4, -0.2) is 45.7 Å². The van der Waals surface area contributed by atoms with E-state index in [0.717, 1.165) is 24.0 Å². The number of aliphatic hydroxyl groups excluding tert-OH is 2. The van der Waals surface area contributed by atoms with Gasteiger partial charge < -0.3 is 20.4 Å². The molecule has 2 aromatic rings. The lowest BCUT2D eigenvalue weighted by molar-refractivity contribution is -0.153. The van der Waals surface area contributed by atoms with Crippen LogP contribution in [0.25, 0.3) is 0 Å². The van der Waals surface area contributed by atoms with Crippen molar-refractivity contribution in [3.63, 3.8) is 0 Å². The number of rotatable bonds is 8. The average Bonchev–Trinajstić information content (AvgIpc) is 2.81. The highest BCUT2D eigenvalue weighted by Crippen LogP contribution is 2.28. The summed E-state index contributed by atoms with van der Waals surface area (Å²) in [7, 11) is 0. The highest BCUT2D eigenvalue weighted by Gasteiger charge is 2.34. The maximum atomic E-state index is 12.6. The van der Waals surface area contributed by atoms with E-state index in [1.165, 1.54) is 16.0 Å². The summed E-state index contributed by atoms with van der Waals surface area (Å²) in [6.45, 7) is 7.61. The highest BCUT2D eigenvalue weighted by molar-refractivity contribution is 5.90. The number of benzene rings is 2. The van der Waals surface area contributed by atoms with E-state index in [2.05, 4.69) is 38.2 Å². The van der Waals surface area contributed by atoms with Gasteiger partial charge in [-0.25, -0.2) is 0 Å². The first-order valence-corrected chi connectivity index (χ1v) is 11.3. The Morgan fingerprint density at radius 3 is 2.34 bits per heavy atom. The molecule has 0 aromatic heterocycles. The lowest BCUT2D eigenvalue weighted by Gasteiger charge is -2.31. The fourth-order valence-electron chi connectivity index (χ4n) is 4.29. The van der Waals surface area contributed by atoms with E-state index >= 15 is 0 Å². The third kappa shape index (κ3) is 5.56. The number of hydrogen-bond donors (Lipinski definition) is 3. The molecule has 172 valence electrons. The second kappa shape index (κ2) is 10.3. The lowest BCUT2D eigenvalue weighted by atomic mass is 9.80. The Balaban J connectivity index is 1.53. The first kappa shape index (κ1) is 24.0. The van der Waals surface area contributed by atoms with Gasteiger partial charge in [-0.2, -0.15) is 0 Å². The topological polar surface area (TPSA) is 89.9 Å². The van der Waals surface area contributed by atoms with Crippen molar-refractivity contribution < 1.29 is 19.8 Å². The fraction of sp³-hybridized carbons (Fsp3) is 0.462. The number of hydrogen-bond acceptors (Lipinski definition) is 4. The maximum absolute atomic E-state index is 12.6. The van der Waals surface area contributed by atoms with Crippen molar-refractivity contribution in [1.29, 1.82) is 0 Å². The minimum absolute atomic E-state index is 0.0894. The first-order chi connectivity index (χ1) is 15.2. The van der Waals surface area contributed by atoms with E-state index in [0.29, 0.717) is 19.5 Å². The van der Waals surface area contributed by atoms with Crippen LogP contribution in [0.3, 0.4) is 0 Å². The molecule has 1 heterocycles. The molecule has 0 saturated carbocycles. The Bertz CT molecular complexity index is 939. The number of carbonyl (C=O) groups excluding carboxylic acids is 2. The Kier molecular flexibility index (Phi) is 7.69. The summed E-state index contributed by atoms with van der Waals surface area (Å²) in [5.41, 5.74) is 4.40. The van der Waals surface area contributed by atoms with Crippen LogP contribution in [-0.2, 0) is 34.5 Å². The van der Waals surface area contributed by atoms with Crippen molar-refractivity contribution in [3.05, 3.63) is 70.8 Å². The summed E-state index contributed by atoms with van der Waals surface area (Å²) in [4.78, 5) is 26.5. The van der Waals surface area contributed by atoms with Gasteiger partial charge in [-0.05, 0) is 40.5 Å². The van der Waals surface area contributed by atoms with Gasteiger partial charge in [-0.15, -0.1) is 0 Å². The van der Waals surface area contributed by atoms with E-state index in [1.807, 2.05) is 36.4 Å². The van der Waals surface area contributed by atoms with Crippen molar-refractivity contribution in [2.75, 3.05) is 6.54 Å². The number of carbonyl (C=O) groups is 2. The van der Waals surface area contributed by atoms with Crippen LogP contribution in [0, 0.1) is 0 Å². The van der Waals surface area contributed by atoms with E-state index in [9.17, 15) is 19.8 Å². The Hall–Kier alpha value is -2.70. The predicted octanol–water partition coefficient (Wildman–Crippen LogP) is 2.69. The molecule has 0 unspecified atom stereocenters. The maximum Gasteiger partial charge on any atom is 0.255 e. The summed E-state index contributed by atoms with van der Waals surface area (Å²) >= 11 is 0. The second-order valence-electron chi connectivity index (χ2n) is 9.22. The first-order valence-electron chi connectivity index (χ1n) is 11.3. The molecule has 6 heteroatoms. The molecule has 0 fully saturated rings. The van der Waals surface area contributed by atoms with Crippen LogP contribution in [0.1, 0.15) is 55.9 Å². The molecule has 3 N–H and O–H groups in total. The molecular weight excluding hydrogens is 404 g/mol. The summed E-state index contributed by atoms with van der Waals surface area (Å²) in [6.07, 6.45) is -0.737. The van der Waals surface area contributed by atoms with Crippen LogP contribution >= 0.6 is 0 Å². The van der Waals surface area contributed by atoms with Crippen LogP contribution in [0.5, 0.6) is 0 Å². The number of fused-ring (bicyclic) bond motifs is 1. The molecule has 6 nitrogen and oxygen atoms in total. The molecule has 1 aliphatic rings. The molecule has 0 aliphatic carbocycles. The van der Waals surface area contributed by atoms with Crippen molar-refractivity contribution in [2.45, 2.75) is 70.7 Å². The van der Waals surface area contributed by atoms with Gasteiger partial charge in [0.25, 0.3) is 11.8 Å². The van der Waals surface area contributed by atoms with Gasteiger partial charge >= 0.3 is 0 Å². The largest absolute Gasteiger partial charge is 0.380 e. The van der Waals surface area contributed by atoms with Gasteiger partial charge in [0, 0.05) is 19.6 Å². The molecule has 2 atom stereocenters. The minimum atomic E-state index is -1.82. The molecular formula is C26H34N2O4. The predicted molar refractivity (Wildman–Crippen MR) is 124 cm³/mol. The highest BCUT2D eigenvalue weighted by atomic mass is 16.3. The van der Waals surface area contributed by atoms with Gasteiger partial charge in [-0.1, -0.05) is 75.7 Å². The van der Waals surface area contributed by atoms with Crippen LogP contribution in [0.15, 0.2) is 48.5 Å². The Labute approximate surface area is 190 Å². The number of nitrogens with one attached hydrogen (secondary N) is 1. The van der Waals surface area contributed by atoms with Crippen molar-refractivity contribution in [1.82, 2.24) is 10.2 Å². The zero-order chi connectivity index (χ0) is 23.3. The van der Waals surface area contributed by atoms with Gasteiger partial charge in [0.15, 0.2) is 12.2 Å². The molecule has 2 amide bonds. The minimum Gasteiger partial charge on any atom is -0.380 e. The van der Waals surface area contributed by atoms with E-state index in [1.54, 1.807) is 0 Å². The number of aliphatic hydroxyl groups is 2. The van der Waals surface area contributed by atoms with Crippen molar-refractivity contribution >= 4 is 11.8 Å². The van der Waals surface area contributed by atoms with Crippen LogP contribution < -0.4 is 5.32 Å². The van der Waals surface area contributed by atoms with Gasteiger partial charge in [0.2, 0.25) is 0 Å². The van der Waals surface area contributed by atoms with Crippen LogP contribution in [0.2, 0.25) is 0 Å². The van der Waals surface area contributed by atoms with E-state index in [-0.39, 0.29) is 12.0 Å². The smallest absolute Gasteiger partial charge is 0.255 e. The molecule has 0 radical (unpaired) electrons. The zero-order valence-corrected chi connectivity index (χ0v) is 19.2. The summed E-state index contributed by atoms with van der Waals surface area (Å²) in [5, 5.41) is 23.2. The third-order valence-electron chi connectivity index (χ3n) is 6.34. The summed E-state index contributed by atoms with van der Waals surface area (Å²) in [5.74, 6) is -1.40. The van der Waals surface area contributed by atoms with Gasteiger partial charge in [0.1, 0.15) is 0 Å². The zero-order valence-electron chi connectivity index (χ0n) is 19.2. The van der Waals surface area contributed by atoms with Gasteiger partial charge in [-0.3, -0.25) is 9.59 Å². The SMILES string of the molecule is CCCC(C)(C)c1ccc(CNC(=O)[C@H](O)[C@@H](O)C(=O)N2CCc3ccccc3C2)cc1. The number of amides is 2. The van der Waals surface area contributed by atoms with Crippen LogP contribution in [0.4, 0.5) is 0 Å². The quantitative estimate of drug-likeness (QED) is 0.591. The molecule has 3 rings (SSSR count). The van der Waals surface area contributed by atoms with E-state index < -0.39 is 24.0 Å². The second-order valence-corrected chi connectivity index (χ2v) is 9.22. The summed E-state index contributed by atoms with van der Waals surface area (Å²) in [6, 6.07) is 15.8. The molecule has 2 aromatic carbocycles. The standard InChI is InChI=1S/C26H34N2O4/c1-4-14-26(2,3)21-11-9-18(10-12-21)16-27-24(31)22(29)23(30)25(32)28-15-13-19-7-5-6-8-20(19)17-28/h5-12,22-23,29-30H,4,13-17H2,1-3H3,(H,27,31)/t22-,23-/m1/s1. The molecule has 1 aliphatic heterocycles. The van der Waals surface area contributed by atoms with Crippen molar-refractivity contribution in [2.24, 2.45) is 0 Å². The lowest BCUT2D eigenvalue weighted by Crippen LogP contribution is -2.51. The molecule has 0 saturated heterocycles. The third-order valence-corrected chi connectivity index (χ3v) is 6.34. The van der Waals surface area contributed by atoms with Crippen molar-refractivity contribution in [3.8, 4) is 0 Å². The molecule has 0 bridgehead atoms. The fourth-order valence-corrected chi connectivity index (χ4v) is 4.29. The Morgan fingerprint density at radius 1 is 1.03 bits per heavy atom. The van der Waals surface area contributed by atoms with E-state index in [4.69, 9.17) is 0 Å². The summed E-state index contributed by atoms with van der Waals surface area (Å²) < 4.78 is 0. The molecule has 32 heavy (non-hydrogen) atoms.